The molecule has 1 N–H and O–H groups in total. The summed E-state index contributed by atoms with van der Waals surface area (Å²) < 4.78 is 28.1. The van der Waals surface area contributed by atoms with Crippen molar-refractivity contribution in [2.45, 2.75) is 38.5 Å². The molecule has 0 aromatic heterocycles. The maximum Gasteiger partial charge on any atom is 0.265 e. The number of carbonyl (C=O) groups is 1. The van der Waals surface area contributed by atoms with E-state index >= 15 is 0 Å². The van der Waals surface area contributed by atoms with Gasteiger partial charge in [0.1, 0.15) is 6.54 Å². The molecule has 3 aromatic carbocycles. The Morgan fingerprint density at radius 2 is 1.71 bits per heavy atom. The Labute approximate surface area is 183 Å². The lowest BCUT2D eigenvalue weighted by atomic mass is 9.95. The van der Waals surface area contributed by atoms with E-state index in [9.17, 15) is 13.2 Å². The number of hydrogen-bond acceptors (Lipinski definition) is 3. The average molecular weight is 435 g/mol. The molecular formula is C25H26N2O3S. The lowest BCUT2D eigenvalue weighted by molar-refractivity contribution is -0.114. The van der Waals surface area contributed by atoms with Crippen molar-refractivity contribution < 1.29 is 13.2 Å². The van der Waals surface area contributed by atoms with E-state index in [1.807, 2.05) is 62.4 Å². The summed E-state index contributed by atoms with van der Waals surface area (Å²) >= 11 is 0. The van der Waals surface area contributed by atoms with Crippen LogP contribution in [0.2, 0.25) is 0 Å². The first-order chi connectivity index (χ1) is 14.7. The largest absolute Gasteiger partial charge is 0.324 e. The van der Waals surface area contributed by atoms with Gasteiger partial charge >= 0.3 is 0 Å². The van der Waals surface area contributed by atoms with Crippen molar-refractivity contribution in [1.29, 1.82) is 0 Å². The minimum absolute atomic E-state index is 0.225. The highest BCUT2D eigenvalue weighted by Crippen LogP contribution is 2.43. The molecule has 5 nitrogen and oxygen atoms in total. The first-order valence-electron chi connectivity index (χ1n) is 10.3. The molecule has 6 heteroatoms. The van der Waals surface area contributed by atoms with Gasteiger partial charge in [0.25, 0.3) is 10.0 Å². The van der Waals surface area contributed by atoms with Crippen LogP contribution in [-0.4, -0.2) is 20.9 Å². The molecule has 0 atom stereocenters. The Morgan fingerprint density at radius 1 is 0.968 bits per heavy atom. The third-order valence-corrected chi connectivity index (χ3v) is 7.46. The molecule has 0 fully saturated rings. The Bertz CT molecular complexity index is 1280. The van der Waals surface area contributed by atoms with Crippen molar-refractivity contribution in [2.24, 2.45) is 0 Å². The molecule has 1 amide bonds. The summed E-state index contributed by atoms with van der Waals surface area (Å²) in [4.78, 5) is 13.1. The molecule has 0 saturated heterocycles. The van der Waals surface area contributed by atoms with Gasteiger partial charge in [0.05, 0.1) is 10.6 Å². The molecule has 0 aliphatic carbocycles. The Hall–Kier alpha value is -3.12. The fraction of sp³-hybridized carbons (Fsp3) is 0.240. The number of amides is 1. The summed E-state index contributed by atoms with van der Waals surface area (Å²) in [7, 11) is -3.86. The highest BCUT2D eigenvalue weighted by Gasteiger charge is 2.36. The standard InChI is InChI=1S/C25H26N2O3S/c1-16(2)19-10-12-23-21(14-19)20-7-5-6-8-24(20)31(29,30)27(23)15-25(28)26-22-11-9-17(3)13-18(22)4/h5-14,16H,15H2,1-4H3,(H,26,28). The molecule has 0 unspecified atom stereocenters. The van der Waals surface area contributed by atoms with Crippen molar-refractivity contribution >= 4 is 27.3 Å². The van der Waals surface area contributed by atoms with Gasteiger partial charge in [0.2, 0.25) is 5.91 Å². The molecule has 1 heterocycles. The first kappa shape index (κ1) is 21.1. The second kappa shape index (κ2) is 7.85. The summed E-state index contributed by atoms with van der Waals surface area (Å²) in [5.74, 6) is -0.0777. The molecule has 0 radical (unpaired) electrons. The van der Waals surface area contributed by atoms with E-state index in [4.69, 9.17) is 0 Å². The smallest absolute Gasteiger partial charge is 0.265 e. The average Bonchev–Trinajstić information content (AvgIpc) is 2.73. The van der Waals surface area contributed by atoms with Gasteiger partial charge in [-0.25, -0.2) is 8.42 Å². The van der Waals surface area contributed by atoms with Crippen molar-refractivity contribution in [3.8, 4) is 11.1 Å². The number of anilines is 2. The maximum atomic E-state index is 13.4. The molecule has 3 aromatic rings. The lowest BCUT2D eigenvalue weighted by Gasteiger charge is -2.32. The zero-order valence-electron chi connectivity index (χ0n) is 18.1. The van der Waals surface area contributed by atoms with Gasteiger partial charge in [0, 0.05) is 16.8 Å². The molecule has 0 saturated carbocycles. The number of fused-ring (bicyclic) bond motifs is 3. The van der Waals surface area contributed by atoms with Crippen molar-refractivity contribution in [1.82, 2.24) is 0 Å². The van der Waals surface area contributed by atoms with Gasteiger partial charge in [-0.3, -0.25) is 9.10 Å². The van der Waals surface area contributed by atoms with E-state index in [0.717, 1.165) is 22.3 Å². The molecule has 1 aliphatic heterocycles. The topological polar surface area (TPSA) is 66.5 Å². The number of nitrogens with zero attached hydrogens (tertiary/aromatic N) is 1. The quantitative estimate of drug-likeness (QED) is 0.611. The van der Waals surface area contributed by atoms with Gasteiger partial charge < -0.3 is 5.32 Å². The van der Waals surface area contributed by atoms with Gasteiger partial charge in [-0.15, -0.1) is 0 Å². The molecular weight excluding hydrogens is 408 g/mol. The second-order valence-electron chi connectivity index (χ2n) is 8.31. The van der Waals surface area contributed by atoms with Crippen molar-refractivity contribution in [3.63, 3.8) is 0 Å². The zero-order valence-corrected chi connectivity index (χ0v) is 19.0. The number of carbonyl (C=O) groups excluding carboxylic acids is 1. The van der Waals surface area contributed by atoms with Gasteiger partial charge in [-0.2, -0.15) is 0 Å². The van der Waals surface area contributed by atoms with E-state index in [0.29, 0.717) is 22.9 Å². The highest BCUT2D eigenvalue weighted by atomic mass is 32.2. The number of hydrogen-bond donors (Lipinski definition) is 1. The third kappa shape index (κ3) is 3.83. The predicted molar refractivity (Wildman–Crippen MR) is 125 cm³/mol. The predicted octanol–water partition coefficient (Wildman–Crippen LogP) is 5.24. The van der Waals surface area contributed by atoms with E-state index in [1.165, 1.54) is 4.31 Å². The third-order valence-electron chi connectivity index (χ3n) is 5.64. The number of aryl methyl sites for hydroxylation is 2. The van der Waals surface area contributed by atoms with Gasteiger partial charge in [-0.05, 0) is 55.2 Å². The minimum atomic E-state index is -3.86. The summed E-state index contributed by atoms with van der Waals surface area (Å²) in [6.07, 6.45) is 0. The molecule has 1 aliphatic rings. The van der Waals surface area contributed by atoms with Crippen LogP contribution in [0.5, 0.6) is 0 Å². The number of benzene rings is 3. The normalized spacial score (nSPS) is 14.2. The van der Waals surface area contributed by atoms with Crippen molar-refractivity contribution in [2.75, 3.05) is 16.2 Å². The lowest BCUT2D eigenvalue weighted by Crippen LogP contribution is -2.40. The first-order valence-corrected chi connectivity index (χ1v) is 11.8. The monoisotopic (exact) mass is 434 g/mol. The van der Waals surface area contributed by atoms with Crippen LogP contribution in [0.25, 0.3) is 11.1 Å². The molecule has 4 rings (SSSR count). The van der Waals surface area contributed by atoms with Crippen molar-refractivity contribution in [3.05, 3.63) is 77.4 Å². The Kier molecular flexibility index (Phi) is 5.35. The van der Waals surface area contributed by atoms with Gasteiger partial charge in [0.15, 0.2) is 0 Å². The van der Waals surface area contributed by atoms with Crippen LogP contribution in [-0.2, 0) is 14.8 Å². The minimum Gasteiger partial charge on any atom is -0.324 e. The number of nitrogens with one attached hydrogen (secondary N) is 1. The second-order valence-corrected chi connectivity index (χ2v) is 10.1. The zero-order chi connectivity index (χ0) is 22.3. The van der Waals surface area contributed by atoms with E-state index in [-0.39, 0.29) is 17.3 Å². The fourth-order valence-electron chi connectivity index (χ4n) is 3.95. The molecule has 0 spiro atoms. The van der Waals surface area contributed by atoms with Crippen LogP contribution in [0.3, 0.4) is 0 Å². The molecule has 0 bridgehead atoms. The van der Waals surface area contributed by atoms with Crippen LogP contribution >= 0.6 is 0 Å². The maximum absolute atomic E-state index is 13.4. The SMILES string of the molecule is Cc1ccc(NC(=O)CN2c3ccc(C(C)C)cc3-c3ccccc3S2(=O)=O)c(C)c1. The number of rotatable bonds is 4. The van der Waals surface area contributed by atoms with Crippen LogP contribution < -0.4 is 9.62 Å². The summed E-state index contributed by atoms with van der Waals surface area (Å²) in [5.41, 5.74) is 5.86. The summed E-state index contributed by atoms with van der Waals surface area (Å²) in [6.45, 7) is 7.81. The number of sulfonamides is 1. The van der Waals surface area contributed by atoms with Gasteiger partial charge in [-0.1, -0.05) is 55.8 Å². The molecule has 31 heavy (non-hydrogen) atoms. The van der Waals surface area contributed by atoms with E-state index in [1.54, 1.807) is 12.1 Å². The summed E-state index contributed by atoms with van der Waals surface area (Å²) in [6, 6.07) is 18.5. The highest BCUT2D eigenvalue weighted by molar-refractivity contribution is 7.93. The van der Waals surface area contributed by atoms with E-state index < -0.39 is 10.0 Å². The van der Waals surface area contributed by atoms with Crippen LogP contribution in [0, 0.1) is 13.8 Å². The Balaban J connectivity index is 1.75. The van der Waals surface area contributed by atoms with Crippen LogP contribution in [0.15, 0.2) is 65.6 Å². The van der Waals surface area contributed by atoms with Crippen LogP contribution in [0.1, 0.15) is 36.5 Å². The Morgan fingerprint density at radius 3 is 2.42 bits per heavy atom. The molecule has 160 valence electrons. The summed E-state index contributed by atoms with van der Waals surface area (Å²) in [5, 5.41) is 2.86. The van der Waals surface area contributed by atoms with Crippen LogP contribution in [0.4, 0.5) is 11.4 Å². The fourth-order valence-corrected chi connectivity index (χ4v) is 5.60. The van der Waals surface area contributed by atoms with E-state index in [2.05, 4.69) is 19.2 Å².